The fourth-order valence-electron chi connectivity index (χ4n) is 0.584. The van der Waals surface area contributed by atoms with E-state index in [0.717, 1.165) is 6.20 Å². The molecule has 0 fully saturated rings. The molecule has 1 aromatic rings. The minimum atomic E-state index is -0.638. The number of aromatic nitrogens is 3. The molecule has 0 aliphatic carbocycles. The van der Waals surface area contributed by atoms with Crippen LogP contribution in [0, 0.1) is 10.1 Å². The van der Waals surface area contributed by atoms with Crippen LogP contribution in [0.4, 0.5) is 5.82 Å². The van der Waals surface area contributed by atoms with Crippen molar-refractivity contribution in [2.45, 2.75) is 6.54 Å². The molecule has 0 amide bonds. The molecule has 0 saturated carbocycles. The Morgan fingerprint density at radius 3 is 3.00 bits per heavy atom. The molecular weight excluding hydrogens is 152 g/mol. The van der Waals surface area contributed by atoms with Gasteiger partial charge in [-0.1, -0.05) is 0 Å². The normalized spacial score (nSPS) is 9.91. The molecule has 0 unspecified atom stereocenters. The Morgan fingerprint density at radius 1 is 1.82 bits per heavy atom. The summed E-state index contributed by atoms with van der Waals surface area (Å²) in [4.78, 5) is 9.41. The van der Waals surface area contributed by atoms with Crippen LogP contribution in [0.2, 0.25) is 0 Å². The van der Waals surface area contributed by atoms with Gasteiger partial charge >= 0.3 is 5.82 Å². The maximum Gasteiger partial charge on any atom is 0.410 e. The van der Waals surface area contributed by atoms with Gasteiger partial charge < -0.3 is 15.2 Å². The second kappa shape index (κ2) is 3.06. The van der Waals surface area contributed by atoms with Gasteiger partial charge in [0.15, 0.2) is 0 Å². The summed E-state index contributed by atoms with van der Waals surface area (Å²) in [5.74, 6) is -0.307. The third-order valence-electron chi connectivity index (χ3n) is 1.04. The topological polar surface area (TPSA) is 94.1 Å². The number of hydrogen-bond acceptors (Lipinski definition) is 5. The number of nitro groups is 1. The van der Waals surface area contributed by atoms with Crippen LogP contribution in [0.25, 0.3) is 0 Å². The van der Waals surface area contributed by atoms with Crippen LogP contribution in [0.3, 0.4) is 0 Å². The summed E-state index contributed by atoms with van der Waals surface area (Å²) in [5.41, 5.74) is 0. The molecule has 7 heteroatoms. The zero-order chi connectivity index (χ0) is 8.27. The molecule has 1 aromatic heterocycles. The van der Waals surface area contributed by atoms with Gasteiger partial charge in [0.05, 0.1) is 18.4 Å². The number of nitrogens with zero attached hydrogens (tertiary/aromatic N) is 4. The second-order valence-corrected chi connectivity index (χ2v) is 1.82. The van der Waals surface area contributed by atoms with Crippen molar-refractivity contribution in [2.24, 2.45) is 0 Å². The molecule has 0 saturated heterocycles. The van der Waals surface area contributed by atoms with E-state index in [2.05, 4.69) is 10.3 Å². The molecule has 1 heterocycles. The molecule has 7 nitrogen and oxygen atoms in total. The Balaban J connectivity index is 2.73. The Bertz CT molecular complexity index is 258. The minimum absolute atomic E-state index is 0.111. The molecule has 0 aliphatic heterocycles. The summed E-state index contributed by atoms with van der Waals surface area (Å²) >= 11 is 0. The smallest absolute Gasteiger partial charge is 0.394 e. The summed E-state index contributed by atoms with van der Waals surface area (Å²) in [6.07, 6.45) is 1.16. The van der Waals surface area contributed by atoms with Crippen molar-refractivity contribution in [1.82, 2.24) is 15.0 Å². The van der Waals surface area contributed by atoms with Gasteiger partial charge in [0, 0.05) is 0 Å². The summed E-state index contributed by atoms with van der Waals surface area (Å²) in [6.45, 7) is 0.112. The van der Waals surface area contributed by atoms with Crippen molar-refractivity contribution in [2.75, 3.05) is 6.61 Å². The van der Waals surface area contributed by atoms with E-state index in [0.29, 0.717) is 0 Å². The third-order valence-corrected chi connectivity index (χ3v) is 1.04. The molecule has 60 valence electrons. The van der Waals surface area contributed by atoms with Crippen molar-refractivity contribution in [3.8, 4) is 0 Å². The first-order chi connectivity index (χ1) is 5.24. The van der Waals surface area contributed by atoms with Gasteiger partial charge in [0.1, 0.15) is 11.3 Å². The zero-order valence-electron chi connectivity index (χ0n) is 5.54. The average molecular weight is 158 g/mol. The summed E-state index contributed by atoms with van der Waals surface area (Å²) in [5, 5.41) is 25.1. The van der Waals surface area contributed by atoms with Crippen molar-refractivity contribution in [1.29, 1.82) is 0 Å². The maximum atomic E-state index is 10.0. The van der Waals surface area contributed by atoms with Crippen LogP contribution in [-0.2, 0) is 6.54 Å². The maximum absolute atomic E-state index is 10.0. The van der Waals surface area contributed by atoms with Crippen molar-refractivity contribution in [3.63, 3.8) is 0 Å². The van der Waals surface area contributed by atoms with E-state index in [1.54, 1.807) is 0 Å². The highest BCUT2D eigenvalue weighted by Gasteiger charge is 2.10. The van der Waals surface area contributed by atoms with E-state index < -0.39 is 4.92 Å². The van der Waals surface area contributed by atoms with Gasteiger partial charge in [-0.25, -0.2) is 4.68 Å². The lowest BCUT2D eigenvalue weighted by atomic mass is 10.7. The number of rotatable bonds is 3. The highest BCUT2D eigenvalue weighted by molar-refractivity contribution is 5.08. The van der Waals surface area contributed by atoms with Crippen molar-refractivity contribution >= 4 is 5.82 Å². The highest BCUT2D eigenvalue weighted by atomic mass is 16.6. The molecule has 1 rings (SSSR count). The summed E-state index contributed by atoms with van der Waals surface area (Å²) < 4.78 is 1.21. The van der Waals surface area contributed by atoms with Crippen LogP contribution >= 0.6 is 0 Å². The van der Waals surface area contributed by atoms with Gasteiger partial charge in [-0.3, -0.25) is 0 Å². The molecular formula is C4H6N4O3. The Morgan fingerprint density at radius 2 is 2.55 bits per heavy atom. The monoisotopic (exact) mass is 158 g/mol. The van der Waals surface area contributed by atoms with Crippen LogP contribution in [0.15, 0.2) is 6.20 Å². The first-order valence-electron chi connectivity index (χ1n) is 2.89. The van der Waals surface area contributed by atoms with E-state index in [4.69, 9.17) is 5.11 Å². The predicted octanol–water partition coefficient (Wildman–Crippen LogP) is -0.821. The summed E-state index contributed by atoms with van der Waals surface area (Å²) in [6, 6.07) is 0. The highest BCUT2D eigenvalue weighted by Crippen LogP contribution is 2.01. The quantitative estimate of drug-likeness (QED) is 0.458. The SMILES string of the molecule is O=[N+]([O-])c1cn(CCO)nn1. The van der Waals surface area contributed by atoms with E-state index in [-0.39, 0.29) is 19.0 Å². The average Bonchev–Trinajstić information content (AvgIpc) is 2.37. The van der Waals surface area contributed by atoms with Crippen LogP contribution in [-0.4, -0.2) is 31.6 Å². The molecule has 0 aliphatic rings. The van der Waals surface area contributed by atoms with E-state index in [1.165, 1.54) is 4.68 Å². The molecule has 0 bridgehead atoms. The van der Waals surface area contributed by atoms with E-state index in [1.807, 2.05) is 0 Å². The lowest BCUT2D eigenvalue weighted by Gasteiger charge is -1.88. The fraction of sp³-hybridized carbons (Fsp3) is 0.500. The van der Waals surface area contributed by atoms with Gasteiger partial charge in [-0.05, 0) is 4.92 Å². The van der Waals surface area contributed by atoms with Crippen molar-refractivity contribution in [3.05, 3.63) is 16.3 Å². The van der Waals surface area contributed by atoms with Crippen LogP contribution < -0.4 is 0 Å². The fourth-order valence-corrected chi connectivity index (χ4v) is 0.584. The lowest BCUT2D eigenvalue weighted by Crippen LogP contribution is -2.02. The Kier molecular flexibility index (Phi) is 2.12. The minimum Gasteiger partial charge on any atom is -0.394 e. The van der Waals surface area contributed by atoms with Gasteiger partial charge in [0.25, 0.3) is 0 Å². The van der Waals surface area contributed by atoms with Crippen molar-refractivity contribution < 1.29 is 10.0 Å². The van der Waals surface area contributed by atoms with Gasteiger partial charge in [-0.2, -0.15) is 0 Å². The molecule has 11 heavy (non-hydrogen) atoms. The zero-order valence-corrected chi connectivity index (χ0v) is 5.54. The number of aliphatic hydroxyl groups excluding tert-OH is 1. The third kappa shape index (κ3) is 1.71. The van der Waals surface area contributed by atoms with E-state index in [9.17, 15) is 10.1 Å². The second-order valence-electron chi connectivity index (χ2n) is 1.82. The number of aliphatic hydroxyl groups is 1. The van der Waals surface area contributed by atoms with Crippen LogP contribution in [0.5, 0.6) is 0 Å². The lowest BCUT2D eigenvalue weighted by molar-refractivity contribution is -0.389. The molecule has 0 atom stereocenters. The van der Waals surface area contributed by atoms with Crippen LogP contribution in [0.1, 0.15) is 0 Å². The molecule has 0 aromatic carbocycles. The first kappa shape index (κ1) is 7.61. The standard InChI is InChI=1S/C4H6N4O3/c9-2-1-7-3-4(5-6-7)8(10)11/h3,9H,1-2H2. The van der Waals surface area contributed by atoms with Gasteiger partial charge in [-0.15, -0.1) is 0 Å². The Labute approximate surface area is 61.4 Å². The molecule has 0 spiro atoms. The van der Waals surface area contributed by atoms with Gasteiger partial charge in [0.2, 0.25) is 0 Å². The summed E-state index contributed by atoms with van der Waals surface area (Å²) in [7, 11) is 0. The largest absolute Gasteiger partial charge is 0.410 e. The predicted molar refractivity (Wildman–Crippen MR) is 33.8 cm³/mol. The number of hydrogen-bond donors (Lipinski definition) is 1. The molecule has 0 radical (unpaired) electrons. The Hall–Kier alpha value is -1.50. The molecule has 1 N–H and O–H groups in total. The van der Waals surface area contributed by atoms with E-state index >= 15 is 0 Å². The first-order valence-corrected chi connectivity index (χ1v) is 2.89.